The molecular weight excluding hydrogens is 208 g/mol. The van der Waals surface area contributed by atoms with Crippen molar-refractivity contribution in [3.63, 3.8) is 0 Å². The van der Waals surface area contributed by atoms with Crippen LogP contribution < -0.4 is 0 Å². The van der Waals surface area contributed by atoms with Gasteiger partial charge in [-0.05, 0) is 19.1 Å². The fourth-order valence-corrected chi connectivity index (χ4v) is 0.888. The number of carbonyl (C=O) groups excluding carboxylic acids is 2. The summed E-state index contributed by atoms with van der Waals surface area (Å²) in [6.07, 6.45) is 0. The van der Waals surface area contributed by atoms with Crippen molar-refractivity contribution in [1.29, 1.82) is 0 Å². The second-order valence-electron chi connectivity index (χ2n) is 2.52. The van der Waals surface area contributed by atoms with Gasteiger partial charge in [-0.25, -0.2) is 4.79 Å². The molecule has 0 aliphatic rings. The highest BCUT2D eigenvalue weighted by atomic mass is 19.1. The van der Waals surface area contributed by atoms with Gasteiger partial charge in [-0.15, -0.1) is 0 Å². The highest BCUT2D eigenvalue weighted by Crippen LogP contribution is 2.07. The normalized spacial score (nSPS) is 9.80. The molecule has 0 saturated heterocycles. The number of aromatic nitrogens is 1. The van der Waals surface area contributed by atoms with E-state index in [1.807, 2.05) is 0 Å². The van der Waals surface area contributed by atoms with Crippen LogP contribution in [0.25, 0.3) is 0 Å². The van der Waals surface area contributed by atoms with Crippen LogP contribution >= 0.6 is 0 Å². The van der Waals surface area contributed by atoms with Gasteiger partial charge in [-0.2, -0.15) is 13.8 Å². The van der Waals surface area contributed by atoms with Crippen molar-refractivity contribution in [3.05, 3.63) is 29.6 Å². The molecule has 6 heteroatoms. The van der Waals surface area contributed by atoms with E-state index in [1.165, 1.54) is 6.92 Å². The average molecular weight is 215 g/mol. The van der Waals surface area contributed by atoms with Gasteiger partial charge in [0.05, 0.1) is 12.2 Å². The number of carbonyl (C=O) groups is 2. The molecule has 1 heterocycles. The molecule has 1 rings (SSSR count). The smallest absolute Gasteiger partial charge is 0.379 e. The lowest BCUT2D eigenvalue weighted by Crippen LogP contribution is -2.19. The molecule has 0 atom stereocenters. The number of Topliss-reactive ketones (excluding diaryl/α,β-unsaturated/α-hetero) is 1. The minimum atomic E-state index is -1.33. The lowest BCUT2D eigenvalue weighted by Gasteiger charge is -2.01. The van der Waals surface area contributed by atoms with Gasteiger partial charge in [-0.1, -0.05) is 0 Å². The van der Waals surface area contributed by atoms with Crippen molar-refractivity contribution in [1.82, 2.24) is 4.98 Å². The molecule has 15 heavy (non-hydrogen) atoms. The van der Waals surface area contributed by atoms with E-state index in [9.17, 15) is 18.4 Å². The first kappa shape index (κ1) is 11.2. The van der Waals surface area contributed by atoms with Gasteiger partial charge in [0, 0.05) is 0 Å². The summed E-state index contributed by atoms with van der Waals surface area (Å²) >= 11 is 0. The van der Waals surface area contributed by atoms with Gasteiger partial charge in [0.1, 0.15) is 0 Å². The van der Waals surface area contributed by atoms with Crippen molar-refractivity contribution in [2.45, 2.75) is 6.92 Å². The van der Waals surface area contributed by atoms with Crippen LogP contribution in [-0.2, 0) is 9.53 Å². The molecule has 0 amide bonds. The Morgan fingerprint density at radius 3 is 2.60 bits per heavy atom. The number of ketones is 1. The molecule has 0 bridgehead atoms. The molecule has 0 spiro atoms. The van der Waals surface area contributed by atoms with Gasteiger partial charge in [-0.3, -0.25) is 4.79 Å². The van der Waals surface area contributed by atoms with E-state index in [0.717, 1.165) is 12.1 Å². The molecule has 0 N–H and O–H groups in total. The standard InChI is InChI=1S/C9H7F2NO3/c1-2-15-9(14)7(13)5-3-4-6(10)12-8(5)11/h3-4H,2H2,1H3. The third-order valence-corrected chi connectivity index (χ3v) is 1.52. The maximum Gasteiger partial charge on any atom is 0.379 e. The third-order valence-electron chi connectivity index (χ3n) is 1.52. The number of hydrogen-bond acceptors (Lipinski definition) is 4. The van der Waals surface area contributed by atoms with Gasteiger partial charge >= 0.3 is 5.97 Å². The highest BCUT2D eigenvalue weighted by molar-refractivity contribution is 6.40. The van der Waals surface area contributed by atoms with Gasteiger partial charge in [0.2, 0.25) is 11.9 Å². The fraction of sp³-hybridized carbons (Fsp3) is 0.222. The SMILES string of the molecule is CCOC(=O)C(=O)c1ccc(F)nc1F. The Morgan fingerprint density at radius 2 is 2.07 bits per heavy atom. The minimum Gasteiger partial charge on any atom is -0.460 e. The topological polar surface area (TPSA) is 56.3 Å². The predicted octanol–water partition coefficient (Wildman–Crippen LogP) is 1.11. The van der Waals surface area contributed by atoms with Crippen molar-refractivity contribution in [2.75, 3.05) is 6.61 Å². The summed E-state index contributed by atoms with van der Waals surface area (Å²) in [5, 5.41) is 0. The highest BCUT2D eigenvalue weighted by Gasteiger charge is 2.22. The first-order valence-corrected chi connectivity index (χ1v) is 4.09. The van der Waals surface area contributed by atoms with Gasteiger partial charge in [0.15, 0.2) is 0 Å². The maximum atomic E-state index is 12.9. The van der Waals surface area contributed by atoms with E-state index in [2.05, 4.69) is 9.72 Å². The summed E-state index contributed by atoms with van der Waals surface area (Å²) in [4.78, 5) is 24.9. The summed E-state index contributed by atoms with van der Waals surface area (Å²) in [7, 11) is 0. The van der Waals surface area contributed by atoms with Crippen molar-refractivity contribution >= 4 is 11.8 Å². The summed E-state index contributed by atoms with van der Waals surface area (Å²) in [6, 6.07) is 1.63. The lowest BCUT2D eigenvalue weighted by molar-refractivity contribution is -0.137. The molecule has 0 aromatic carbocycles. The van der Waals surface area contributed by atoms with Crippen LogP contribution in [0.5, 0.6) is 0 Å². The van der Waals surface area contributed by atoms with E-state index >= 15 is 0 Å². The van der Waals surface area contributed by atoms with E-state index in [4.69, 9.17) is 0 Å². The Hall–Kier alpha value is -1.85. The minimum absolute atomic E-state index is 0.000809. The molecule has 1 aromatic rings. The Bertz CT molecular complexity index is 406. The molecule has 0 fully saturated rings. The first-order valence-electron chi connectivity index (χ1n) is 4.09. The largest absolute Gasteiger partial charge is 0.460 e. The molecule has 0 aliphatic heterocycles. The van der Waals surface area contributed by atoms with Crippen LogP contribution in [0.2, 0.25) is 0 Å². The monoisotopic (exact) mass is 215 g/mol. The Kier molecular flexibility index (Phi) is 3.43. The summed E-state index contributed by atoms with van der Waals surface area (Å²) in [5.41, 5.74) is -0.602. The summed E-state index contributed by atoms with van der Waals surface area (Å²) < 4.78 is 29.7. The molecule has 0 saturated carbocycles. The summed E-state index contributed by atoms with van der Waals surface area (Å²) in [6.45, 7) is 1.51. The quantitative estimate of drug-likeness (QED) is 0.328. The Balaban J connectivity index is 2.96. The number of esters is 1. The molecule has 80 valence electrons. The van der Waals surface area contributed by atoms with Gasteiger partial charge < -0.3 is 4.74 Å². The zero-order chi connectivity index (χ0) is 11.4. The van der Waals surface area contributed by atoms with Crippen LogP contribution in [-0.4, -0.2) is 23.3 Å². The van der Waals surface area contributed by atoms with Crippen molar-refractivity contribution in [2.24, 2.45) is 0 Å². The Morgan fingerprint density at radius 1 is 1.40 bits per heavy atom. The number of rotatable bonds is 3. The molecule has 1 aromatic heterocycles. The predicted molar refractivity (Wildman–Crippen MR) is 45.1 cm³/mol. The van der Waals surface area contributed by atoms with E-state index in [-0.39, 0.29) is 6.61 Å². The number of hydrogen-bond donors (Lipinski definition) is 0. The van der Waals surface area contributed by atoms with Crippen molar-refractivity contribution < 1.29 is 23.1 Å². The zero-order valence-electron chi connectivity index (χ0n) is 7.79. The number of halogens is 2. The van der Waals surface area contributed by atoms with Crippen molar-refractivity contribution in [3.8, 4) is 0 Å². The maximum absolute atomic E-state index is 12.9. The van der Waals surface area contributed by atoms with Crippen LogP contribution in [0.1, 0.15) is 17.3 Å². The molecule has 0 radical (unpaired) electrons. The van der Waals surface area contributed by atoms with Gasteiger partial charge in [0.25, 0.3) is 5.78 Å². The second kappa shape index (κ2) is 4.59. The van der Waals surface area contributed by atoms with E-state index < -0.39 is 29.2 Å². The van der Waals surface area contributed by atoms with Crippen LogP contribution in [0.3, 0.4) is 0 Å². The zero-order valence-corrected chi connectivity index (χ0v) is 7.79. The lowest BCUT2D eigenvalue weighted by atomic mass is 10.2. The van der Waals surface area contributed by atoms with E-state index in [0.29, 0.717) is 0 Å². The number of pyridine rings is 1. The molecule has 0 unspecified atom stereocenters. The van der Waals surface area contributed by atoms with Crippen LogP contribution in [0.4, 0.5) is 8.78 Å². The molecule has 0 aliphatic carbocycles. The van der Waals surface area contributed by atoms with E-state index in [1.54, 1.807) is 0 Å². The summed E-state index contributed by atoms with van der Waals surface area (Å²) in [5.74, 6) is -4.76. The average Bonchev–Trinajstić information content (AvgIpc) is 2.17. The fourth-order valence-electron chi connectivity index (χ4n) is 0.888. The van der Waals surface area contributed by atoms with Crippen LogP contribution in [0.15, 0.2) is 12.1 Å². The molecule has 4 nitrogen and oxygen atoms in total. The third kappa shape index (κ3) is 2.55. The molecular formula is C9H7F2NO3. The number of nitrogens with zero attached hydrogens (tertiary/aromatic N) is 1. The van der Waals surface area contributed by atoms with Crippen LogP contribution in [0, 0.1) is 11.9 Å². The first-order chi connectivity index (χ1) is 7.06. The Labute approximate surface area is 83.9 Å². The number of ether oxygens (including phenoxy) is 1. The second-order valence-corrected chi connectivity index (χ2v) is 2.52.